The molecule has 0 amide bonds. The van der Waals surface area contributed by atoms with E-state index >= 15 is 0 Å². The maximum atomic E-state index is 4.21. The number of nitrogens with zero attached hydrogens (tertiary/aromatic N) is 2. The summed E-state index contributed by atoms with van der Waals surface area (Å²) in [5.41, 5.74) is 0. The summed E-state index contributed by atoms with van der Waals surface area (Å²) in [6, 6.07) is 0.356. The van der Waals surface area contributed by atoms with E-state index in [2.05, 4.69) is 29.4 Å². The highest BCUT2D eigenvalue weighted by atomic mass is 32.1. The fourth-order valence-electron chi connectivity index (χ4n) is 1.31. The lowest BCUT2D eigenvalue weighted by molar-refractivity contribution is 0.589. The average molecular weight is 197 g/mol. The minimum atomic E-state index is 0.356. The van der Waals surface area contributed by atoms with E-state index in [1.807, 2.05) is 0 Å². The van der Waals surface area contributed by atoms with Crippen LogP contribution in [0.5, 0.6) is 0 Å². The van der Waals surface area contributed by atoms with Gasteiger partial charge in [0.25, 0.3) is 0 Å². The molecule has 1 aromatic heterocycles. The van der Waals surface area contributed by atoms with Crippen LogP contribution < -0.4 is 5.32 Å². The van der Waals surface area contributed by atoms with Crippen molar-refractivity contribution < 1.29 is 0 Å². The fraction of sp³-hybridized carbons (Fsp3) is 0.778. The zero-order valence-corrected chi connectivity index (χ0v) is 8.90. The number of hydrogen-bond acceptors (Lipinski definition) is 4. The monoisotopic (exact) mass is 197 g/mol. The highest BCUT2D eigenvalue weighted by molar-refractivity contribution is 7.11. The zero-order valence-electron chi connectivity index (χ0n) is 8.08. The van der Waals surface area contributed by atoms with Crippen LogP contribution in [0.3, 0.4) is 0 Å². The number of nitrogens with one attached hydrogen (secondary N) is 1. The molecule has 1 aliphatic carbocycles. The quantitative estimate of drug-likeness (QED) is 0.803. The molecule has 1 fully saturated rings. The Bertz CT molecular complexity index is 280. The van der Waals surface area contributed by atoms with Crippen molar-refractivity contribution in [2.24, 2.45) is 0 Å². The Morgan fingerprint density at radius 3 is 2.92 bits per heavy atom. The maximum Gasteiger partial charge on any atom is 0.134 e. The Labute approximate surface area is 82.6 Å². The van der Waals surface area contributed by atoms with Crippen molar-refractivity contribution in [2.45, 2.75) is 38.6 Å². The molecule has 2 rings (SSSR count). The minimum absolute atomic E-state index is 0.356. The lowest BCUT2D eigenvalue weighted by Gasteiger charge is -2.06. The second-order valence-electron chi connectivity index (χ2n) is 3.53. The molecule has 1 saturated carbocycles. The minimum Gasteiger partial charge on any atom is -0.308 e. The fourth-order valence-corrected chi connectivity index (χ4v) is 2.35. The van der Waals surface area contributed by atoms with Gasteiger partial charge in [0.2, 0.25) is 0 Å². The Hall–Kier alpha value is -0.480. The molecule has 0 aromatic carbocycles. The van der Waals surface area contributed by atoms with Crippen LogP contribution in [0.15, 0.2) is 0 Å². The van der Waals surface area contributed by atoms with Gasteiger partial charge in [0.15, 0.2) is 0 Å². The van der Waals surface area contributed by atoms with Gasteiger partial charge in [-0.05, 0) is 26.3 Å². The largest absolute Gasteiger partial charge is 0.308 e. The molecule has 4 heteroatoms. The topological polar surface area (TPSA) is 37.8 Å². The first-order valence-corrected chi connectivity index (χ1v) is 5.69. The molecule has 0 spiro atoms. The summed E-state index contributed by atoms with van der Waals surface area (Å²) < 4.78 is 0. The zero-order chi connectivity index (χ0) is 9.26. The summed E-state index contributed by atoms with van der Waals surface area (Å²) >= 11 is 1.77. The van der Waals surface area contributed by atoms with Gasteiger partial charge < -0.3 is 5.32 Å². The van der Waals surface area contributed by atoms with E-state index < -0.39 is 0 Å². The average Bonchev–Trinajstić information content (AvgIpc) is 2.84. The van der Waals surface area contributed by atoms with Gasteiger partial charge in [0, 0.05) is 5.92 Å². The van der Waals surface area contributed by atoms with E-state index in [-0.39, 0.29) is 0 Å². The van der Waals surface area contributed by atoms with Crippen LogP contribution >= 0.6 is 11.3 Å². The first-order chi connectivity index (χ1) is 6.31. The van der Waals surface area contributed by atoms with Crippen molar-refractivity contribution in [2.75, 3.05) is 6.54 Å². The normalized spacial score (nSPS) is 18.9. The molecule has 0 saturated heterocycles. The predicted octanol–water partition coefficient (Wildman–Crippen LogP) is 2.09. The van der Waals surface area contributed by atoms with Gasteiger partial charge >= 0.3 is 0 Å². The summed E-state index contributed by atoms with van der Waals surface area (Å²) in [7, 11) is 0. The lowest BCUT2D eigenvalue weighted by atomic mass is 10.3. The molecular formula is C9H15N3S. The third-order valence-electron chi connectivity index (χ3n) is 2.26. The molecule has 0 radical (unpaired) electrons. The summed E-state index contributed by atoms with van der Waals surface area (Å²) in [5, 5.41) is 14.1. The van der Waals surface area contributed by atoms with Crippen molar-refractivity contribution in [1.82, 2.24) is 15.5 Å². The smallest absolute Gasteiger partial charge is 0.134 e. The first-order valence-electron chi connectivity index (χ1n) is 4.88. The summed E-state index contributed by atoms with van der Waals surface area (Å²) in [4.78, 5) is 0. The van der Waals surface area contributed by atoms with Crippen LogP contribution in [0, 0.1) is 0 Å². The van der Waals surface area contributed by atoms with Crippen LogP contribution in [-0.2, 0) is 0 Å². The van der Waals surface area contributed by atoms with Crippen molar-refractivity contribution in [3.8, 4) is 0 Å². The molecule has 13 heavy (non-hydrogen) atoms. The third kappa shape index (κ3) is 2.06. The number of rotatable bonds is 4. The molecule has 1 unspecified atom stereocenters. The first kappa shape index (κ1) is 9.09. The molecule has 72 valence electrons. The van der Waals surface area contributed by atoms with E-state index in [1.165, 1.54) is 17.8 Å². The van der Waals surface area contributed by atoms with Gasteiger partial charge in [-0.1, -0.05) is 18.3 Å². The molecular weight excluding hydrogens is 182 g/mol. The highest BCUT2D eigenvalue weighted by Crippen LogP contribution is 2.41. The third-order valence-corrected chi connectivity index (χ3v) is 3.53. The van der Waals surface area contributed by atoms with Gasteiger partial charge in [0.05, 0.1) is 6.04 Å². The maximum absolute atomic E-state index is 4.21. The molecule has 1 N–H and O–H groups in total. The van der Waals surface area contributed by atoms with E-state index in [0.717, 1.165) is 17.5 Å². The SMILES string of the molecule is CCNC(C)c1nnc(C2CC2)s1. The van der Waals surface area contributed by atoms with Gasteiger partial charge in [-0.15, -0.1) is 10.2 Å². The van der Waals surface area contributed by atoms with E-state index in [9.17, 15) is 0 Å². The molecule has 1 aromatic rings. The summed E-state index contributed by atoms with van der Waals surface area (Å²) in [6.07, 6.45) is 2.62. The molecule has 1 atom stereocenters. The van der Waals surface area contributed by atoms with E-state index in [1.54, 1.807) is 11.3 Å². The summed E-state index contributed by atoms with van der Waals surface area (Å²) in [5.74, 6) is 0.736. The molecule has 3 nitrogen and oxygen atoms in total. The Balaban J connectivity index is 2.03. The van der Waals surface area contributed by atoms with Gasteiger partial charge in [0.1, 0.15) is 10.0 Å². The Kier molecular flexibility index (Phi) is 2.60. The lowest BCUT2D eigenvalue weighted by Crippen LogP contribution is -2.17. The highest BCUT2D eigenvalue weighted by Gasteiger charge is 2.28. The van der Waals surface area contributed by atoms with Gasteiger partial charge in [-0.2, -0.15) is 0 Å². The molecule has 1 heterocycles. The van der Waals surface area contributed by atoms with Crippen LogP contribution in [0.4, 0.5) is 0 Å². The van der Waals surface area contributed by atoms with Crippen molar-refractivity contribution in [3.05, 3.63) is 10.0 Å². The number of aromatic nitrogens is 2. The van der Waals surface area contributed by atoms with E-state index in [4.69, 9.17) is 0 Å². The second-order valence-corrected chi connectivity index (χ2v) is 4.57. The van der Waals surface area contributed by atoms with Crippen LogP contribution in [-0.4, -0.2) is 16.7 Å². The molecule has 1 aliphatic rings. The van der Waals surface area contributed by atoms with Gasteiger partial charge in [-0.3, -0.25) is 0 Å². The van der Waals surface area contributed by atoms with Crippen molar-refractivity contribution >= 4 is 11.3 Å². The predicted molar refractivity (Wildman–Crippen MR) is 54.0 cm³/mol. The number of hydrogen-bond donors (Lipinski definition) is 1. The second kappa shape index (κ2) is 3.72. The van der Waals surface area contributed by atoms with Crippen LogP contribution in [0.25, 0.3) is 0 Å². The molecule has 0 aliphatic heterocycles. The van der Waals surface area contributed by atoms with Gasteiger partial charge in [-0.25, -0.2) is 0 Å². The summed E-state index contributed by atoms with van der Waals surface area (Å²) in [6.45, 7) is 5.24. The van der Waals surface area contributed by atoms with Crippen LogP contribution in [0.1, 0.15) is 48.7 Å². The van der Waals surface area contributed by atoms with Crippen molar-refractivity contribution in [3.63, 3.8) is 0 Å². The Morgan fingerprint density at radius 1 is 1.54 bits per heavy atom. The Morgan fingerprint density at radius 2 is 2.31 bits per heavy atom. The van der Waals surface area contributed by atoms with Crippen LogP contribution in [0.2, 0.25) is 0 Å². The van der Waals surface area contributed by atoms with Crippen molar-refractivity contribution in [1.29, 1.82) is 0 Å². The van der Waals surface area contributed by atoms with E-state index in [0.29, 0.717) is 6.04 Å². The standard InChI is InChI=1S/C9H15N3S/c1-3-10-6(2)8-11-12-9(13-8)7-4-5-7/h6-7,10H,3-5H2,1-2H3. The molecule has 0 bridgehead atoms.